The van der Waals surface area contributed by atoms with Crippen molar-refractivity contribution in [3.8, 4) is 0 Å². The van der Waals surface area contributed by atoms with Crippen LogP contribution >= 0.6 is 0 Å². The molecular weight excluding hydrogens is 262 g/mol. The largest absolute Gasteiger partial charge is 0.332 e. The fourth-order valence-corrected chi connectivity index (χ4v) is 3.16. The lowest BCUT2D eigenvalue weighted by Crippen LogP contribution is -2.27. The van der Waals surface area contributed by atoms with E-state index < -0.39 is 10.0 Å². The molecule has 0 spiro atoms. The summed E-state index contributed by atoms with van der Waals surface area (Å²) in [5.41, 5.74) is 0.943. The fraction of sp³-hybridized carbons (Fsp3) is 0.462. The standard InChI is InChI=1S/C13H19N3O2S/c1-2-11-19(17,18)15-8-4-9-16-10-6-12-5-3-7-14-13(12)16/h3,5-7,10,15H,2,4,8-9,11H2,1H3. The van der Waals surface area contributed by atoms with E-state index in [9.17, 15) is 8.42 Å². The van der Waals surface area contributed by atoms with Gasteiger partial charge in [0.15, 0.2) is 0 Å². The van der Waals surface area contributed by atoms with Crippen LogP contribution in [0, 0.1) is 0 Å². The molecule has 0 fully saturated rings. The van der Waals surface area contributed by atoms with E-state index in [2.05, 4.69) is 9.71 Å². The molecule has 2 aromatic heterocycles. The Morgan fingerprint density at radius 2 is 2.21 bits per heavy atom. The molecule has 19 heavy (non-hydrogen) atoms. The molecule has 5 nitrogen and oxygen atoms in total. The first-order valence-corrected chi connectivity index (χ1v) is 8.15. The Bertz CT molecular complexity index is 634. The summed E-state index contributed by atoms with van der Waals surface area (Å²) >= 11 is 0. The van der Waals surface area contributed by atoms with Crippen LogP contribution in [0.2, 0.25) is 0 Å². The van der Waals surface area contributed by atoms with Crippen LogP contribution in [0.15, 0.2) is 30.6 Å². The van der Waals surface area contributed by atoms with Crippen LogP contribution in [-0.2, 0) is 16.6 Å². The van der Waals surface area contributed by atoms with Crippen molar-refractivity contribution < 1.29 is 8.42 Å². The molecule has 0 saturated carbocycles. The van der Waals surface area contributed by atoms with Gasteiger partial charge in [-0.3, -0.25) is 0 Å². The van der Waals surface area contributed by atoms with Gasteiger partial charge >= 0.3 is 0 Å². The fourth-order valence-electron chi connectivity index (χ4n) is 2.02. The van der Waals surface area contributed by atoms with E-state index in [1.807, 2.05) is 35.9 Å². The molecule has 2 heterocycles. The summed E-state index contributed by atoms with van der Waals surface area (Å²) in [5.74, 6) is 0.195. The molecule has 2 rings (SSSR count). The second kappa shape index (κ2) is 6.16. The van der Waals surface area contributed by atoms with Crippen molar-refractivity contribution in [3.63, 3.8) is 0 Å². The summed E-state index contributed by atoms with van der Waals surface area (Å²) in [7, 11) is -3.09. The summed E-state index contributed by atoms with van der Waals surface area (Å²) in [6.45, 7) is 3.08. The molecule has 0 bridgehead atoms. The molecule has 0 unspecified atom stereocenters. The lowest BCUT2D eigenvalue weighted by Gasteiger charge is -2.07. The third kappa shape index (κ3) is 3.78. The van der Waals surface area contributed by atoms with Crippen LogP contribution < -0.4 is 4.72 Å². The number of pyridine rings is 1. The van der Waals surface area contributed by atoms with Crippen LogP contribution in [0.4, 0.5) is 0 Å². The highest BCUT2D eigenvalue weighted by Crippen LogP contribution is 2.12. The second-order valence-electron chi connectivity index (χ2n) is 4.49. The number of sulfonamides is 1. The Kier molecular flexibility index (Phi) is 4.55. The lowest BCUT2D eigenvalue weighted by atomic mass is 10.3. The Labute approximate surface area is 113 Å². The summed E-state index contributed by atoms with van der Waals surface area (Å²) in [5, 5.41) is 1.11. The molecule has 0 aromatic carbocycles. The summed E-state index contributed by atoms with van der Waals surface area (Å²) < 4.78 is 27.6. The van der Waals surface area contributed by atoms with Gasteiger partial charge < -0.3 is 4.57 Å². The molecule has 0 aliphatic heterocycles. The van der Waals surface area contributed by atoms with E-state index in [1.165, 1.54) is 0 Å². The lowest BCUT2D eigenvalue weighted by molar-refractivity contribution is 0.570. The van der Waals surface area contributed by atoms with Crippen molar-refractivity contribution in [2.24, 2.45) is 0 Å². The number of hydrogen-bond donors (Lipinski definition) is 1. The number of fused-ring (bicyclic) bond motifs is 1. The first-order chi connectivity index (χ1) is 9.12. The minimum Gasteiger partial charge on any atom is -0.332 e. The number of aryl methyl sites for hydroxylation is 1. The Morgan fingerprint density at radius 1 is 1.37 bits per heavy atom. The Morgan fingerprint density at radius 3 is 3.00 bits per heavy atom. The molecule has 104 valence electrons. The third-order valence-electron chi connectivity index (χ3n) is 2.89. The van der Waals surface area contributed by atoms with E-state index in [0.29, 0.717) is 13.0 Å². The van der Waals surface area contributed by atoms with Crippen LogP contribution in [-0.4, -0.2) is 30.3 Å². The van der Waals surface area contributed by atoms with E-state index in [1.54, 1.807) is 6.20 Å². The van der Waals surface area contributed by atoms with Gasteiger partial charge in [-0.25, -0.2) is 18.1 Å². The quantitative estimate of drug-likeness (QED) is 0.786. The highest BCUT2D eigenvalue weighted by molar-refractivity contribution is 7.89. The minimum atomic E-state index is -3.09. The van der Waals surface area contributed by atoms with Gasteiger partial charge in [0.2, 0.25) is 10.0 Å². The number of nitrogens with zero attached hydrogens (tertiary/aromatic N) is 2. The molecule has 0 amide bonds. The van der Waals surface area contributed by atoms with Gasteiger partial charge in [0.1, 0.15) is 5.65 Å². The second-order valence-corrected chi connectivity index (χ2v) is 6.42. The summed E-state index contributed by atoms with van der Waals surface area (Å²) in [6.07, 6.45) is 5.14. The predicted molar refractivity (Wildman–Crippen MR) is 76.4 cm³/mol. The molecular formula is C13H19N3O2S. The molecule has 1 N–H and O–H groups in total. The van der Waals surface area contributed by atoms with E-state index in [-0.39, 0.29) is 5.75 Å². The van der Waals surface area contributed by atoms with E-state index in [4.69, 9.17) is 0 Å². The smallest absolute Gasteiger partial charge is 0.211 e. The summed E-state index contributed by atoms with van der Waals surface area (Å²) in [6, 6.07) is 5.94. The van der Waals surface area contributed by atoms with Crippen LogP contribution in [0.25, 0.3) is 11.0 Å². The topological polar surface area (TPSA) is 64.0 Å². The van der Waals surface area contributed by atoms with Crippen LogP contribution in [0.1, 0.15) is 19.8 Å². The zero-order valence-electron chi connectivity index (χ0n) is 11.0. The highest BCUT2D eigenvalue weighted by atomic mass is 32.2. The van der Waals surface area contributed by atoms with Crippen LogP contribution in [0.3, 0.4) is 0 Å². The van der Waals surface area contributed by atoms with Crippen molar-refractivity contribution >= 4 is 21.1 Å². The van der Waals surface area contributed by atoms with Gasteiger partial charge in [-0.15, -0.1) is 0 Å². The van der Waals surface area contributed by atoms with Gasteiger partial charge in [0.25, 0.3) is 0 Å². The van der Waals surface area contributed by atoms with Gasteiger partial charge in [-0.05, 0) is 31.0 Å². The predicted octanol–water partition coefficient (Wildman–Crippen LogP) is 1.76. The SMILES string of the molecule is CCCS(=O)(=O)NCCCn1ccc2cccnc21. The van der Waals surface area contributed by atoms with Crippen molar-refractivity contribution in [3.05, 3.63) is 30.6 Å². The average Bonchev–Trinajstić information content (AvgIpc) is 2.78. The third-order valence-corrected chi connectivity index (χ3v) is 4.48. The average molecular weight is 281 g/mol. The van der Waals surface area contributed by atoms with E-state index >= 15 is 0 Å². The Hall–Kier alpha value is -1.40. The highest BCUT2D eigenvalue weighted by Gasteiger charge is 2.07. The zero-order chi connectivity index (χ0) is 13.7. The maximum Gasteiger partial charge on any atom is 0.211 e. The number of nitrogens with one attached hydrogen (secondary N) is 1. The molecule has 2 aromatic rings. The van der Waals surface area contributed by atoms with Crippen molar-refractivity contribution in [2.75, 3.05) is 12.3 Å². The van der Waals surface area contributed by atoms with Gasteiger partial charge in [0.05, 0.1) is 5.75 Å². The van der Waals surface area contributed by atoms with Gasteiger partial charge in [0, 0.05) is 30.9 Å². The minimum absolute atomic E-state index is 0.195. The monoisotopic (exact) mass is 281 g/mol. The van der Waals surface area contributed by atoms with Gasteiger partial charge in [-0.2, -0.15) is 0 Å². The molecule has 0 saturated heterocycles. The zero-order valence-corrected chi connectivity index (χ0v) is 11.9. The molecule has 0 radical (unpaired) electrons. The maximum absolute atomic E-state index is 11.5. The molecule has 0 aliphatic carbocycles. The van der Waals surface area contributed by atoms with Crippen molar-refractivity contribution in [1.29, 1.82) is 0 Å². The number of aromatic nitrogens is 2. The normalized spacial score (nSPS) is 12.1. The number of rotatable bonds is 7. The molecule has 0 aliphatic rings. The molecule has 0 atom stereocenters. The first-order valence-electron chi connectivity index (χ1n) is 6.49. The van der Waals surface area contributed by atoms with Crippen molar-refractivity contribution in [1.82, 2.24) is 14.3 Å². The first kappa shape index (κ1) is 14.0. The van der Waals surface area contributed by atoms with Crippen molar-refractivity contribution in [2.45, 2.75) is 26.3 Å². The van der Waals surface area contributed by atoms with Crippen LogP contribution in [0.5, 0.6) is 0 Å². The number of hydrogen-bond acceptors (Lipinski definition) is 3. The summed E-state index contributed by atoms with van der Waals surface area (Å²) in [4.78, 5) is 4.32. The maximum atomic E-state index is 11.5. The van der Waals surface area contributed by atoms with E-state index in [0.717, 1.165) is 24.0 Å². The van der Waals surface area contributed by atoms with Gasteiger partial charge in [-0.1, -0.05) is 6.92 Å². The molecule has 6 heteroatoms. The Balaban J connectivity index is 1.86.